The molecule has 1 unspecified atom stereocenters. The number of aromatic nitrogens is 2. The van der Waals surface area contributed by atoms with E-state index in [0.717, 1.165) is 71.1 Å². The van der Waals surface area contributed by atoms with Crippen molar-refractivity contribution in [3.05, 3.63) is 71.2 Å². The van der Waals surface area contributed by atoms with E-state index in [0.29, 0.717) is 12.1 Å². The summed E-state index contributed by atoms with van der Waals surface area (Å²) in [6, 6.07) is 15.3. The largest absolute Gasteiger partial charge is 0.453 e. The molecule has 10 nitrogen and oxygen atoms in total. The summed E-state index contributed by atoms with van der Waals surface area (Å²) in [6.07, 6.45) is 9.92. The van der Waals surface area contributed by atoms with Gasteiger partial charge < -0.3 is 36.3 Å². The smallest absolute Gasteiger partial charge is 0.407 e. The fraction of sp³-hybridized carbons (Fsp3) is 0.488. The first-order chi connectivity index (χ1) is 24.6. The van der Waals surface area contributed by atoms with Gasteiger partial charge >= 0.3 is 6.09 Å². The number of nitrogens with zero attached hydrogens (tertiary/aromatic N) is 2. The van der Waals surface area contributed by atoms with Gasteiger partial charge in [0.2, 0.25) is 5.91 Å². The fourth-order valence-corrected chi connectivity index (χ4v) is 8.59. The summed E-state index contributed by atoms with van der Waals surface area (Å²) in [6.45, 7) is 9.24. The maximum absolute atomic E-state index is 13.9. The van der Waals surface area contributed by atoms with Gasteiger partial charge in [0.05, 0.1) is 29.9 Å². The van der Waals surface area contributed by atoms with Crippen LogP contribution in [0.25, 0.3) is 38.6 Å². The van der Waals surface area contributed by atoms with Crippen LogP contribution in [0.1, 0.15) is 94.8 Å². The van der Waals surface area contributed by atoms with E-state index >= 15 is 0 Å². The number of hydrogen-bond acceptors (Lipinski definition) is 7. The maximum atomic E-state index is 13.9. The van der Waals surface area contributed by atoms with Crippen LogP contribution in [0.4, 0.5) is 4.79 Å². The van der Waals surface area contributed by atoms with Crippen LogP contribution in [0, 0.1) is 5.92 Å². The number of benzene rings is 3. The number of carbonyl (C=O) groups is 2. The van der Waals surface area contributed by atoms with Gasteiger partial charge in [-0.05, 0) is 117 Å². The normalized spacial score (nSPS) is 22.0. The van der Waals surface area contributed by atoms with Crippen molar-refractivity contribution in [1.82, 2.24) is 30.8 Å². The second kappa shape index (κ2) is 14.6. The molecule has 2 aliphatic heterocycles. The van der Waals surface area contributed by atoms with Crippen molar-refractivity contribution < 1.29 is 14.3 Å². The zero-order chi connectivity index (χ0) is 35.8. The van der Waals surface area contributed by atoms with E-state index in [1.165, 1.54) is 55.0 Å². The molecule has 2 fully saturated rings. The second-order valence-electron chi connectivity index (χ2n) is 15.1. The number of amides is 2. The Labute approximate surface area is 301 Å². The minimum Gasteiger partial charge on any atom is -0.453 e. The summed E-state index contributed by atoms with van der Waals surface area (Å²) in [5.74, 6) is 0.567. The summed E-state index contributed by atoms with van der Waals surface area (Å²) in [5.41, 5.74) is 15.8. The van der Waals surface area contributed by atoms with Gasteiger partial charge in [0.1, 0.15) is 11.9 Å². The van der Waals surface area contributed by atoms with Crippen molar-refractivity contribution in [1.29, 1.82) is 0 Å². The summed E-state index contributed by atoms with van der Waals surface area (Å²) >= 11 is 0. The molecule has 5 atom stereocenters. The van der Waals surface area contributed by atoms with Crippen molar-refractivity contribution >= 4 is 39.5 Å². The maximum Gasteiger partial charge on any atom is 0.407 e. The third-order valence-electron chi connectivity index (χ3n) is 11.5. The lowest BCUT2D eigenvalue weighted by Crippen LogP contribution is -2.52. The number of hydrogen-bond donors (Lipinski definition) is 5. The van der Waals surface area contributed by atoms with Crippen molar-refractivity contribution in [2.75, 3.05) is 13.7 Å². The highest BCUT2D eigenvalue weighted by Gasteiger charge is 2.41. The molecule has 4 aromatic rings. The highest BCUT2D eigenvalue weighted by molar-refractivity contribution is 6.05. The minimum absolute atomic E-state index is 0.0212. The molecule has 2 amide bonds. The van der Waals surface area contributed by atoms with Gasteiger partial charge in [-0.2, -0.15) is 0 Å². The Balaban J connectivity index is 1.17. The number of likely N-dealkylation sites (tertiary alicyclic amines) is 1. The van der Waals surface area contributed by atoms with E-state index < -0.39 is 12.1 Å². The number of fused-ring (bicyclic) bond motifs is 4. The predicted molar refractivity (Wildman–Crippen MR) is 204 cm³/mol. The first-order valence-corrected chi connectivity index (χ1v) is 18.8. The molecule has 10 heteroatoms. The molecule has 0 saturated carbocycles. The lowest BCUT2D eigenvalue weighted by atomic mass is 9.82. The molecule has 1 aliphatic carbocycles. The van der Waals surface area contributed by atoms with Gasteiger partial charge in [-0.25, -0.2) is 9.78 Å². The van der Waals surface area contributed by atoms with Gasteiger partial charge in [-0.3, -0.25) is 4.79 Å². The number of carbonyl (C=O) groups excluding carboxylic acids is 2. The van der Waals surface area contributed by atoms with Crippen LogP contribution in [0.3, 0.4) is 0 Å². The first-order valence-electron chi connectivity index (χ1n) is 18.8. The highest BCUT2D eigenvalue weighted by Crippen LogP contribution is 2.39. The van der Waals surface area contributed by atoms with Gasteiger partial charge in [0, 0.05) is 35.3 Å². The van der Waals surface area contributed by atoms with Crippen LogP contribution in [0.5, 0.6) is 0 Å². The minimum atomic E-state index is -0.684. The first kappa shape index (κ1) is 34.9. The van der Waals surface area contributed by atoms with E-state index in [9.17, 15) is 9.59 Å². The summed E-state index contributed by atoms with van der Waals surface area (Å²) in [4.78, 5) is 36.6. The van der Waals surface area contributed by atoms with E-state index in [2.05, 4.69) is 77.2 Å². The van der Waals surface area contributed by atoms with Crippen LogP contribution in [0.15, 0.2) is 48.7 Å². The number of H-pyrrole nitrogens is 1. The zero-order valence-corrected chi connectivity index (χ0v) is 30.6. The molecular weight excluding hydrogens is 638 g/mol. The lowest BCUT2D eigenvalue weighted by Gasteiger charge is -2.32. The Morgan fingerprint density at radius 1 is 1.02 bits per heavy atom. The number of alkyl carbamates (subject to hydrolysis) is 1. The zero-order valence-electron chi connectivity index (χ0n) is 30.6. The Kier molecular flexibility index (Phi) is 9.97. The van der Waals surface area contributed by atoms with E-state index in [4.69, 9.17) is 15.5 Å². The average Bonchev–Trinajstić information content (AvgIpc) is 3.92. The topological polar surface area (TPSA) is 137 Å². The van der Waals surface area contributed by atoms with E-state index in [-0.39, 0.29) is 23.9 Å². The molecule has 3 aromatic carbocycles. The van der Waals surface area contributed by atoms with Crippen molar-refractivity contribution in [3.63, 3.8) is 0 Å². The van der Waals surface area contributed by atoms with Crippen LogP contribution in [-0.2, 0) is 22.4 Å². The molecule has 0 spiro atoms. The van der Waals surface area contributed by atoms with Crippen molar-refractivity contribution in [2.24, 2.45) is 11.7 Å². The number of ether oxygens (including phenoxy) is 1. The Hall–Kier alpha value is -4.57. The summed E-state index contributed by atoms with van der Waals surface area (Å²) in [7, 11) is 1.31. The highest BCUT2D eigenvalue weighted by atomic mass is 16.5. The van der Waals surface area contributed by atoms with E-state index in [1.807, 2.05) is 24.9 Å². The molecule has 270 valence electrons. The SMILES string of the molecule is COC(=O)N[C@H](C(=O)N1[C@@H](C)CC[C@H]1c1nc2c(ccc3cc(-c4ccc(/C(N)=C/NC(C)[C@@H]5CCCN5)c5c4CCCC5)ccc32)[nH]1)C(C)C. The molecule has 1 aromatic heterocycles. The van der Waals surface area contributed by atoms with Gasteiger partial charge in [-0.15, -0.1) is 0 Å². The number of rotatable bonds is 9. The molecule has 3 aliphatic rings. The van der Waals surface area contributed by atoms with Crippen LogP contribution >= 0.6 is 0 Å². The summed E-state index contributed by atoms with van der Waals surface area (Å²) < 4.78 is 4.82. The Bertz CT molecular complexity index is 1960. The monoisotopic (exact) mass is 691 g/mol. The molecule has 2 saturated heterocycles. The standard InChI is InChI=1S/C41H53N7O3/c1-23(2)37(47-41(50)51-5)40(49)48-24(3)12-19-36(48)39-45-35-18-14-27-21-26(13-15-29(27)38(35)46-39)28-16-17-32(31-10-7-6-9-30(28)31)33(42)22-44-25(4)34-11-8-20-43-34/h13-18,21-25,34,36-37,43-44H,6-12,19-20,42H2,1-5H3,(H,45,46)(H,47,50)/b33-22-/t24-,25?,34-,36-,37-/m0/s1. The van der Waals surface area contributed by atoms with Gasteiger partial charge in [-0.1, -0.05) is 44.2 Å². The van der Waals surface area contributed by atoms with Gasteiger partial charge in [0.25, 0.3) is 0 Å². The van der Waals surface area contributed by atoms with Gasteiger partial charge in [0.15, 0.2) is 0 Å². The van der Waals surface area contributed by atoms with Crippen molar-refractivity contribution in [2.45, 2.75) is 109 Å². The predicted octanol–water partition coefficient (Wildman–Crippen LogP) is 6.68. The molecule has 6 N–H and O–H groups in total. The quantitative estimate of drug-likeness (QED) is 0.132. The Morgan fingerprint density at radius 2 is 1.82 bits per heavy atom. The molecule has 51 heavy (non-hydrogen) atoms. The summed E-state index contributed by atoms with van der Waals surface area (Å²) in [5, 5.41) is 12.1. The number of aromatic amines is 1. The molecular formula is C41H53N7O3. The van der Waals surface area contributed by atoms with Crippen molar-refractivity contribution in [3.8, 4) is 11.1 Å². The molecule has 0 bridgehead atoms. The number of nitrogens with one attached hydrogen (secondary N) is 4. The third-order valence-corrected chi connectivity index (χ3v) is 11.5. The molecule has 7 rings (SSSR count). The average molecular weight is 692 g/mol. The Morgan fingerprint density at radius 3 is 2.57 bits per heavy atom. The third kappa shape index (κ3) is 6.78. The second-order valence-corrected chi connectivity index (χ2v) is 15.1. The fourth-order valence-electron chi connectivity index (χ4n) is 8.59. The molecule has 0 radical (unpaired) electrons. The molecule has 3 heterocycles. The van der Waals surface area contributed by atoms with Crippen LogP contribution in [0.2, 0.25) is 0 Å². The van der Waals surface area contributed by atoms with E-state index in [1.54, 1.807) is 0 Å². The lowest BCUT2D eigenvalue weighted by molar-refractivity contribution is -0.137. The number of nitrogens with two attached hydrogens (primary N) is 1. The number of methoxy groups -OCH3 is 1. The van der Waals surface area contributed by atoms with Crippen LogP contribution < -0.4 is 21.7 Å². The number of imidazole rings is 1. The van der Waals surface area contributed by atoms with Crippen LogP contribution in [-0.4, -0.2) is 64.7 Å².